The van der Waals surface area contributed by atoms with Gasteiger partial charge in [-0.2, -0.15) is 5.26 Å². The number of ether oxygens (including phenoxy) is 1. The Hall–Kier alpha value is -0.590. The van der Waals surface area contributed by atoms with Crippen LogP contribution < -0.4 is 5.32 Å². The van der Waals surface area contributed by atoms with E-state index in [0.29, 0.717) is 6.04 Å². The van der Waals surface area contributed by atoms with Crippen molar-refractivity contribution in [1.29, 1.82) is 5.26 Å². The summed E-state index contributed by atoms with van der Waals surface area (Å²) in [6.45, 7) is 3.86. The third-order valence-corrected chi connectivity index (χ3v) is 4.85. The van der Waals surface area contributed by atoms with Crippen LogP contribution in [-0.2, 0) is 4.74 Å². The number of nitrogens with zero attached hydrogens (tertiary/aromatic N) is 1. The van der Waals surface area contributed by atoms with Gasteiger partial charge in [-0.1, -0.05) is 26.2 Å². The number of rotatable bonds is 9. The molecule has 3 heteroatoms. The molecule has 0 heterocycles. The lowest BCUT2D eigenvalue weighted by atomic mass is 9.90. The molecule has 2 rings (SSSR count). The van der Waals surface area contributed by atoms with Crippen molar-refractivity contribution in [2.45, 2.75) is 82.7 Å². The van der Waals surface area contributed by atoms with Gasteiger partial charge in [0.25, 0.3) is 0 Å². The zero-order valence-corrected chi connectivity index (χ0v) is 13.0. The first-order valence-electron chi connectivity index (χ1n) is 8.55. The molecule has 0 bridgehead atoms. The van der Waals surface area contributed by atoms with Crippen LogP contribution in [0.25, 0.3) is 0 Å². The molecule has 20 heavy (non-hydrogen) atoms. The van der Waals surface area contributed by atoms with E-state index in [4.69, 9.17) is 4.74 Å². The number of hydrogen-bond donors (Lipinski definition) is 1. The van der Waals surface area contributed by atoms with E-state index in [9.17, 15) is 5.26 Å². The van der Waals surface area contributed by atoms with Gasteiger partial charge in [-0.05, 0) is 50.9 Å². The molecule has 2 aliphatic rings. The predicted octanol–water partition coefficient (Wildman–Crippen LogP) is 3.79. The van der Waals surface area contributed by atoms with Crippen molar-refractivity contribution in [2.75, 3.05) is 13.2 Å². The van der Waals surface area contributed by atoms with Gasteiger partial charge in [-0.3, -0.25) is 5.32 Å². The van der Waals surface area contributed by atoms with Crippen LogP contribution in [0.4, 0.5) is 0 Å². The molecule has 0 aromatic rings. The van der Waals surface area contributed by atoms with Gasteiger partial charge in [0.15, 0.2) is 0 Å². The largest absolute Gasteiger partial charge is 0.381 e. The van der Waals surface area contributed by atoms with Gasteiger partial charge >= 0.3 is 0 Å². The fourth-order valence-electron chi connectivity index (χ4n) is 3.22. The molecule has 0 saturated heterocycles. The van der Waals surface area contributed by atoms with Crippen molar-refractivity contribution >= 4 is 0 Å². The highest BCUT2D eigenvalue weighted by molar-refractivity contribution is 5.09. The van der Waals surface area contributed by atoms with Gasteiger partial charge in [0.05, 0.1) is 6.07 Å². The van der Waals surface area contributed by atoms with E-state index in [1.165, 1.54) is 44.9 Å². The van der Waals surface area contributed by atoms with Gasteiger partial charge in [0.1, 0.15) is 5.54 Å². The molecule has 0 aliphatic heterocycles. The van der Waals surface area contributed by atoms with Gasteiger partial charge in [0.2, 0.25) is 0 Å². The average molecular weight is 278 g/mol. The first-order valence-corrected chi connectivity index (χ1v) is 8.55. The van der Waals surface area contributed by atoms with Crippen molar-refractivity contribution in [2.24, 2.45) is 5.92 Å². The van der Waals surface area contributed by atoms with Gasteiger partial charge in [0, 0.05) is 19.3 Å². The molecule has 0 radical (unpaired) electrons. The van der Waals surface area contributed by atoms with E-state index in [-0.39, 0.29) is 5.54 Å². The Labute approximate surface area is 124 Å². The Bertz CT molecular complexity index is 315. The smallest absolute Gasteiger partial charge is 0.106 e. The molecule has 0 aromatic carbocycles. The maximum absolute atomic E-state index is 9.46. The maximum atomic E-state index is 9.46. The summed E-state index contributed by atoms with van der Waals surface area (Å²) in [5.41, 5.74) is -0.310. The second-order valence-corrected chi connectivity index (χ2v) is 6.65. The van der Waals surface area contributed by atoms with E-state index >= 15 is 0 Å². The molecule has 2 saturated carbocycles. The van der Waals surface area contributed by atoms with Crippen molar-refractivity contribution in [1.82, 2.24) is 5.32 Å². The lowest BCUT2D eigenvalue weighted by Gasteiger charge is -2.27. The molecule has 1 N–H and O–H groups in total. The quantitative estimate of drug-likeness (QED) is 0.653. The molecule has 2 fully saturated rings. The van der Waals surface area contributed by atoms with Gasteiger partial charge in [-0.25, -0.2) is 0 Å². The third kappa shape index (κ3) is 5.07. The highest BCUT2D eigenvalue weighted by Crippen LogP contribution is 2.27. The molecule has 1 atom stereocenters. The van der Waals surface area contributed by atoms with Crippen LogP contribution in [0.2, 0.25) is 0 Å². The molecule has 0 spiro atoms. The Morgan fingerprint density at radius 1 is 1.20 bits per heavy atom. The summed E-state index contributed by atoms with van der Waals surface area (Å²) in [5.74, 6) is 0.792. The highest BCUT2D eigenvalue weighted by atomic mass is 16.5. The van der Waals surface area contributed by atoms with Crippen LogP contribution in [-0.4, -0.2) is 24.8 Å². The van der Waals surface area contributed by atoms with E-state index in [1.807, 2.05) is 0 Å². The van der Waals surface area contributed by atoms with E-state index in [2.05, 4.69) is 18.3 Å². The van der Waals surface area contributed by atoms with Crippen LogP contribution in [0.15, 0.2) is 0 Å². The SMILES string of the molecule is CCC(C#N)(CCCOCC1CCCCC1)NC1CC1. The zero-order chi connectivity index (χ0) is 14.3. The molecular weight excluding hydrogens is 248 g/mol. The Kier molecular flexibility index (Phi) is 6.32. The van der Waals surface area contributed by atoms with Crippen LogP contribution in [0.1, 0.15) is 71.1 Å². The Morgan fingerprint density at radius 3 is 2.55 bits per heavy atom. The second-order valence-electron chi connectivity index (χ2n) is 6.65. The van der Waals surface area contributed by atoms with E-state index in [1.54, 1.807) is 0 Å². The standard InChI is InChI=1S/C17H30N2O/c1-2-17(14-18,19-16-9-10-16)11-6-12-20-13-15-7-4-3-5-8-15/h15-16,19H,2-13H2,1H3. The number of nitriles is 1. The summed E-state index contributed by atoms with van der Waals surface area (Å²) in [6, 6.07) is 3.11. The van der Waals surface area contributed by atoms with E-state index < -0.39 is 0 Å². The van der Waals surface area contributed by atoms with Gasteiger partial charge < -0.3 is 4.74 Å². The molecule has 114 valence electrons. The number of nitrogens with one attached hydrogen (secondary N) is 1. The highest BCUT2D eigenvalue weighted by Gasteiger charge is 2.34. The fraction of sp³-hybridized carbons (Fsp3) is 0.941. The summed E-state index contributed by atoms with van der Waals surface area (Å²) in [5, 5.41) is 13.0. The maximum Gasteiger partial charge on any atom is 0.106 e. The summed E-state index contributed by atoms with van der Waals surface area (Å²) < 4.78 is 5.84. The monoisotopic (exact) mass is 278 g/mol. The summed E-state index contributed by atoms with van der Waals surface area (Å²) in [7, 11) is 0. The Morgan fingerprint density at radius 2 is 1.95 bits per heavy atom. The minimum Gasteiger partial charge on any atom is -0.381 e. The third-order valence-electron chi connectivity index (χ3n) is 4.85. The van der Waals surface area contributed by atoms with Crippen LogP contribution in [0.3, 0.4) is 0 Å². The van der Waals surface area contributed by atoms with Crippen molar-refractivity contribution < 1.29 is 4.74 Å². The first-order chi connectivity index (χ1) is 9.78. The normalized spacial score (nSPS) is 23.2. The van der Waals surface area contributed by atoms with Gasteiger partial charge in [-0.15, -0.1) is 0 Å². The van der Waals surface area contributed by atoms with Crippen LogP contribution in [0.5, 0.6) is 0 Å². The van der Waals surface area contributed by atoms with Crippen LogP contribution in [0, 0.1) is 17.2 Å². The fourth-order valence-corrected chi connectivity index (χ4v) is 3.22. The Balaban J connectivity index is 1.59. The summed E-state index contributed by atoms with van der Waals surface area (Å²) >= 11 is 0. The van der Waals surface area contributed by atoms with Crippen molar-refractivity contribution in [3.8, 4) is 6.07 Å². The van der Waals surface area contributed by atoms with Crippen molar-refractivity contribution in [3.63, 3.8) is 0 Å². The topological polar surface area (TPSA) is 45.0 Å². The minimum atomic E-state index is -0.310. The molecule has 2 aliphatic carbocycles. The lowest BCUT2D eigenvalue weighted by Crippen LogP contribution is -2.44. The molecule has 0 amide bonds. The van der Waals surface area contributed by atoms with E-state index in [0.717, 1.165) is 38.4 Å². The van der Waals surface area contributed by atoms with Crippen molar-refractivity contribution in [3.05, 3.63) is 0 Å². The predicted molar refractivity (Wildman–Crippen MR) is 81.4 cm³/mol. The first kappa shape index (κ1) is 15.8. The lowest BCUT2D eigenvalue weighted by molar-refractivity contribution is 0.0796. The summed E-state index contributed by atoms with van der Waals surface area (Å²) in [4.78, 5) is 0. The zero-order valence-electron chi connectivity index (χ0n) is 13.0. The molecular formula is C17H30N2O. The molecule has 1 unspecified atom stereocenters. The molecule has 0 aromatic heterocycles. The minimum absolute atomic E-state index is 0.310. The van der Waals surface area contributed by atoms with Crippen LogP contribution >= 0.6 is 0 Å². The second kappa shape index (κ2) is 8.00. The average Bonchev–Trinajstić information content (AvgIpc) is 3.31. The molecule has 3 nitrogen and oxygen atoms in total. The summed E-state index contributed by atoms with van der Waals surface area (Å²) in [6.07, 6.45) is 12.1. The number of hydrogen-bond acceptors (Lipinski definition) is 3.